The van der Waals surface area contributed by atoms with Gasteiger partial charge in [-0.15, -0.1) is 0 Å². The van der Waals surface area contributed by atoms with Crippen molar-refractivity contribution in [2.75, 3.05) is 12.0 Å². The molecule has 2 atom stereocenters. The SMILES string of the molecule is CCC1(C2CC2)CC(N(Cc2cc(C(F)(F)F)cc(C(F)(F)F)c2)C(=O)OC)c2cc(C(F)(F)F)ccc2N1C(=O)O. The van der Waals surface area contributed by atoms with Crippen LogP contribution in [0.5, 0.6) is 0 Å². The van der Waals surface area contributed by atoms with Crippen molar-refractivity contribution in [1.82, 2.24) is 4.90 Å². The van der Waals surface area contributed by atoms with E-state index in [0.717, 1.165) is 23.0 Å². The molecule has 2 unspecified atom stereocenters. The average molecular weight is 612 g/mol. The van der Waals surface area contributed by atoms with E-state index in [1.54, 1.807) is 6.92 Å². The fraction of sp³-hybridized carbons (Fsp3) is 0.481. The molecule has 15 heteroatoms. The highest BCUT2D eigenvalue weighted by Gasteiger charge is 2.56. The van der Waals surface area contributed by atoms with Gasteiger partial charge in [-0.2, -0.15) is 39.5 Å². The monoisotopic (exact) mass is 612 g/mol. The molecule has 2 aromatic rings. The van der Waals surface area contributed by atoms with E-state index in [0.29, 0.717) is 37.1 Å². The van der Waals surface area contributed by atoms with Crippen molar-refractivity contribution in [3.8, 4) is 0 Å². The lowest BCUT2D eigenvalue weighted by atomic mass is 9.75. The number of ether oxygens (including phenoxy) is 1. The predicted molar refractivity (Wildman–Crippen MR) is 129 cm³/mol. The second-order valence-corrected chi connectivity index (χ2v) is 10.4. The van der Waals surface area contributed by atoms with Gasteiger partial charge in [-0.05, 0) is 79.1 Å². The highest BCUT2D eigenvalue weighted by atomic mass is 19.4. The minimum Gasteiger partial charge on any atom is -0.465 e. The first-order valence-corrected chi connectivity index (χ1v) is 12.7. The number of benzene rings is 2. The Labute approximate surface area is 233 Å². The molecule has 42 heavy (non-hydrogen) atoms. The lowest BCUT2D eigenvalue weighted by molar-refractivity contribution is -0.143. The molecule has 1 aliphatic heterocycles. The minimum absolute atomic E-state index is 0.0859. The quantitative estimate of drug-likeness (QED) is 0.344. The Hall–Kier alpha value is -3.65. The van der Waals surface area contributed by atoms with Crippen LogP contribution in [0.15, 0.2) is 36.4 Å². The number of carbonyl (C=O) groups excluding carboxylic acids is 1. The maximum absolute atomic E-state index is 13.7. The lowest BCUT2D eigenvalue weighted by Crippen LogP contribution is -2.58. The summed E-state index contributed by atoms with van der Waals surface area (Å²) in [6.45, 7) is 0.753. The van der Waals surface area contributed by atoms with Crippen molar-refractivity contribution >= 4 is 17.9 Å². The summed E-state index contributed by atoms with van der Waals surface area (Å²) in [5.74, 6) is -0.249. The van der Waals surface area contributed by atoms with E-state index < -0.39 is 71.1 Å². The van der Waals surface area contributed by atoms with Crippen LogP contribution in [0.3, 0.4) is 0 Å². The van der Waals surface area contributed by atoms with Crippen molar-refractivity contribution in [1.29, 1.82) is 0 Å². The number of fused-ring (bicyclic) bond motifs is 1. The molecule has 0 aromatic heterocycles. The second-order valence-electron chi connectivity index (χ2n) is 10.4. The Morgan fingerprint density at radius 1 is 0.929 bits per heavy atom. The molecule has 230 valence electrons. The number of methoxy groups -OCH3 is 1. The summed E-state index contributed by atoms with van der Waals surface area (Å²) in [5.41, 5.74) is -6.75. The fourth-order valence-electron chi connectivity index (χ4n) is 5.84. The number of rotatable bonds is 5. The predicted octanol–water partition coefficient (Wildman–Crippen LogP) is 8.50. The van der Waals surface area contributed by atoms with Gasteiger partial charge in [0.1, 0.15) is 0 Å². The Morgan fingerprint density at radius 3 is 1.90 bits per heavy atom. The van der Waals surface area contributed by atoms with Crippen LogP contribution >= 0.6 is 0 Å². The third-order valence-corrected chi connectivity index (χ3v) is 7.87. The van der Waals surface area contributed by atoms with Crippen LogP contribution in [0.25, 0.3) is 0 Å². The molecule has 2 aromatic carbocycles. The summed E-state index contributed by atoms with van der Waals surface area (Å²) in [6.07, 6.45) is -16.9. The van der Waals surface area contributed by atoms with Gasteiger partial charge in [0, 0.05) is 6.54 Å². The van der Waals surface area contributed by atoms with Gasteiger partial charge in [-0.25, -0.2) is 9.59 Å². The molecule has 0 saturated heterocycles. The van der Waals surface area contributed by atoms with E-state index in [1.807, 2.05) is 0 Å². The number of amides is 2. The molecule has 2 amide bonds. The van der Waals surface area contributed by atoms with Crippen LogP contribution in [-0.4, -0.2) is 34.8 Å². The molecule has 0 spiro atoms. The number of halogens is 9. The lowest BCUT2D eigenvalue weighted by Gasteiger charge is -2.51. The first-order valence-electron chi connectivity index (χ1n) is 12.7. The zero-order chi connectivity index (χ0) is 31.4. The maximum Gasteiger partial charge on any atom is 0.416 e. The number of nitrogens with zero attached hydrogens (tertiary/aromatic N) is 2. The van der Waals surface area contributed by atoms with Gasteiger partial charge in [0.2, 0.25) is 0 Å². The first-order chi connectivity index (χ1) is 19.3. The Bertz CT molecular complexity index is 1340. The molecule has 1 aliphatic carbocycles. The number of carboxylic acid groups (broad SMARTS) is 1. The van der Waals surface area contributed by atoms with Gasteiger partial charge in [-0.3, -0.25) is 9.80 Å². The Balaban J connectivity index is 1.94. The summed E-state index contributed by atoms with van der Waals surface area (Å²) in [5, 5.41) is 10.2. The smallest absolute Gasteiger partial charge is 0.416 e. The topological polar surface area (TPSA) is 70.1 Å². The standard InChI is InChI=1S/C27H25F9N2O4/c1-3-24(15-4-5-15)12-21(19-11-16(25(28,29)30)6-7-20(19)38(24)22(39)40)37(23(41)42-2)13-14-8-17(26(31,32)33)10-18(9-14)27(34,35)36/h6-11,15,21H,3-5,12-13H2,1-2H3,(H,39,40). The number of hydrogen-bond donors (Lipinski definition) is 1. The number of hydrogen-bond acceptors (Lipinski definition) is 3. The number of carbonyl (C=O) groups is 2. The van der Waals surface area contributed by atoms with Gasteiger partial charge >= 0.3 is 30.7 Å². The summed E-state index contributed by atoms with van der Waals surface area (Å²) >= 11 is 0. The molecule has 2 aliphatic rings. The van der Waals surface area contributed by atoms with E-state index in [2.05, 4.69) is 0 Å². The molecule has 6 nitrogen and oxygen atoms in total. The number of alkyl halides is 9. The van der Waals surface area contributed by atoms with Gasteiger partial charge in [0.25, 0.3) is 0 Å². The average Bonchev–Trinajstić information content (AvgIpc) is 3.74. The van der Waals surface area contributed by atoms with Crippen molar-refractivity contribution in [3.05, 3.63) is 64.2 Å². The second kappa shape index (κ2) is 10.6. The van der Waals surface area contributed by atoms with Crippen molar-refractivity contribution in [3.63, 3.8) is 0 Å². The normalized spacial score (nSPS) is 21.1. The van der Waals surface area contributed by atoms with Gasteiger partial charge in [-0.1, -0.05) is 6.92 Å². The van der Waals surface area contributed by atoms with Crippen molar-refractivity contribution < 1.29 is 58.9 Å². The zero-order valence-corrected chi connectivity index (χ0v) is 22.1. The zero-order valence-electron chi connectivity index (χ0n) is 22.1. The molecule has 1 heterocycles. The summed E-state index contributed by atoms with van der Waals surface area (Å²) in [6, 6.07) is 1.62. The first kappa shape index (κ1) is 31.3. The molecule has 1 N–H and O–H groups in total. The largest absolute Gasteiger partial charge is 0.465 e. The maximum atomic E-state index is 13.7. The highest BCUT2D eigenvalue weighted by molar-refractivity contribution is 5.90. The molecular formula is C27H25F9N2O4. The van der Waals surface area contributed by atoms with Gasteiger partial charge in [0.05, 0.1) is 41.1 Å². The number of anilines is 1. The summed E-state index contributed by atoms with van der Waals surface area (Å²) in [7, 11) is 0.899. The molecule has 1 saturated carbocycles. The van der Waals surface area contributed by atoms with Crippen LogP contribution in [0, 0.1) is 5.92 Å². The van der Waals surface area contributed by atoms with Crippen LogP contribution in [-0.2, 0) is 29.8 Å². The third kappa shape index (κ3) is 5.82. The van der Waals surface area contributed by atoms with E-state index in [4.69, 9.17) is 4.74 Å². The van der Waals surface area contributed by atoms with E-state index in [1.165, 1.54) is 0 Å². The Kier molecular flexibility index (Phi) is 7.87. The summed E-state index contributed by atoms with van der Waals surface area (Å²) < 4.78 is 127. The van der Waals surface area contributed by atoms with Crippen LogP contribution < -0.4 is 4.90 Å². The van der Waals surface area contributed by atoms with Crippen molar-refractivity contribution in [2.45, 2.75) is 69.3 Å². The Morgan fingerprint density at radius 2 is 1.48 bits per heavy atom. The van der Waals surface area contributed by atoms with Crippen LogP contribution in [0.1, 0.15) is 66.5 Å². The molecule has 1 fully saturated rings. The highest BCUT2D eigenvalue weighted by Crippen LogP contribution is 2.56. The van der Waals surface area contributed by atoms with E-state index >= 15 is 0 Å². The molecular weight excluding hydrogens is 587 g/mol. The van der Waals surface area contributed by atoms with Crippen LogP contribution in [0.4, 0.5) is 54.8 Å². The summed E-state index contributed by atoms with van der Waals surface area (Å²) in [4.78, 5) is 27.3. The van der Waals surface area contributed by atoms with Gasteiger partial charge in [0.15, 0.2) is 0 Å². The van der Waals surface area contributed by atoms with Crippen molar-refractivity contribution in [2.24, 2.45) is 5.92 Å². The third-order valence-electron chi connectivity index (χ3n) is 7.87. The molecule has 0 bridgehead atoms. The fourth-order valence-corrected chi connectivity index (χ4v) is 5.84. The molecule has 4 rings (SSSR count). The van der Waals surface area contributed by atoms with Crippen LogP contribution in [0.2, 0.25) is 0 Å². The minimum atomic E-state index is -5.18. The molecule has 0 radical (unpaired) electrons. The van der Waals surface area contributed by atoms with E-state index in [-0.39, 0.29) is 36.1 Å². The van der Waals surface area contributed by atoms with E-state index in [9.17, 15) is 54.2 Å². The van der Waals surface area contributed by atoms with Gasteiger partial charge < -0.3 is 9.84 Å².